The van der Waals surface area contributed by atoms with Crippen LogP contribution >= 0.6 is 15.9 Å². The maximum atomic E-state index is 10.9. The predicted octanol–water partition coefficient (Wildman–Crippen LogP) is 2.45. The van der Waals surface area contributed by atoms with E-state index < -0.39 is 6.10 Å². The van der Waals surface area contributed by atoms with Crippen LogP contribution < -0.4 is 0 Å². The molecule has 0 aliphatic rings. The van der Waals surface area contributed by atoms with Gasteiger partial charge in [-0.05, 0) is 42.9 Å². The van der Waals surface area contributed by atoms with Gasteiger partial charge in [0.05, 0.1) is 29.5 Å². The van der Waals surface area contributed by atoms with Crippen LogP contribution in [0.5, 0.6) is 0 Å². The molecule has 0 aliphatic heterocycles. The zero-order chi connectivity index (χ0) is 15.3. The Balaban J connectivity index is 3.06. The second kappa shape index (κ2) is 7.54. The Kier molecular flexibility index (Phi) is 6.64. The van der Waals surface area contributed by atoms with Gasteiger partial charge < -0.3 is 9.84 Å². The summed E-state index contributed by atoms with van der Waals surface area (Å²) in [5.74, 6) is 0. The average molecular weight is 348 g/mol. The van der Waals surface area contributed by atoms with Crippen molar-refractivity contribution < 1.29 is 9.84 Å². The van der Waals surface area contributed by atoms with Gasteiger partial charge in [0.15, 0.2) is 0 Å². The average Bonchev–Trinajstić information content (AvgIpc) is 2.77. The number of hydrogen-bond donors (Lipinski definition) is 1. The minimum absolute atomic E-state index is 0.364. The Bertz CT molecular complexity index is 417. The fourth-order valence-corrected chi connectivity index (χ4v) is 3.06. The third-order valence-corrected chi connectivity index (χ3v) is 4.46. The molecule has 0 aliphatic carbocycles. The minimum atomic E-state index is -0.629. The first-order valence-electron chi connectivity index (χ1n) is 7.03. The second-order valence-corrected chi connectivity index (χ2v) is 6.18. The third kappa shape index (κ3) is 3.61. The van der Waals surface area contributed by atoms with Crippen LogP contribution in [0.4, 0.5) is 0 Å². The number of aliphatic hydroxyl groups is 1. The van der Waals surface area contributed by atoms with Gasteiger partial charge in [-0.25, -0.2) is 0 Å². The molecule has 0 amide bonds. The number of methoxy groups -OCH3 is 1. The van der Waals surface area contributed by atoms with Crippen molar-refractivity contribution in [2.75, 3.05) is 26.8 Å². The van der Waals surface area contributed by atoms with Crippen molar-refractivity contribution >= 4 is 15.9 Å². The Hall–Kier alpha value is -0.430. The number of halogens is 1. The lowest BCUT2D eigenvalue weighted by molar-refractivity contribution is -0.0121. The molecule has 0 bridgehead atoms. The van der Waals surface area contributed by atoms with E-state index in [0.717, 1.165) is 23.3 Å². The number of rotatable bonds is 8. The molecule has 0 saturated heterocycles. The summed E-state index contributed by atoms with van der Waals surface area (Å²) in [5, 5.41) is 15.2. The highest BCUT2D eigenvalue weighted by molar-refractivity contribution is 9.10. The Morgan fingerprint density at radius 2 is 2.05 bits per heavy atom. The Morgan fingerprint density at radius 3 is 2.55 bits per heavy atom. The lowest BCUT2D eigenvalue weighted by Gasteiger charge is -2.41. The minimum Gasteiger partial charge on any atom is -0.385 e. The van der Waals surface area contributed by atoms with Gasteiger partial charge >= 0.3 is 0 Å². The molecule has 1 aromatic heterocycles. The normalized spacial score (nSPS) is 14.0. The van der Waals surface area contributed by atoms with Gasteiger partial charge in [0.25, 0.3) is 0 Å². The quantitative estimate of drug-likeness (QED) is 0.784. The van der Waals surface area contributed by atoms with Crippen molar-refractivity contribution in [3.8, 4) is 0 Å². The van der Waals surface area contributed by atoms with Crippen molar-refractivity contribution in [3.63, 3.8) is 0 Å². The standard InChI is InChI=1S/C14H26BrN3O2/c1-6-17(7-2)14(3,4)13(19)12-11(15)10-16-18(12)8-9-20-5/h10,13,19H,6-9H2,1-5H3. The van der Waals surface area contributed by atoms with E-state index >= 15 is 0 Å². The molecule has 20 heavy (non-hydrogen) atoms. The highest BCUT2D eigenvalue weighted by atomic mass is 79.9. The molecule has 116 valence electrons. The fraction of sp³-hybridized carbons (Fsp3) is 0.786. The molecule has 0 radical (unpaired) electrons. The number of aromatic nitrogens is 2. The monoisotopic (exact) mass is 347 g/mol. The highest BCUT2D eigenvalue weighted by Gasteiger charge is 2.36. The first-order valence-corrected chi connectivity index (χ1v) is 7.82. The molecular weight excluding hydrogens is 322 g/mol. The Labute approximate surface area is 130 Å². The molecule has 6 heteroatoms. The molecular formula is C14H26BrN3O2. The van der Waals surface area contributed by atoms with Gasteiger partial charge in [-0.3, -0.25) is 9.58 Å². The molecule has 5 nitrogen and oxygen atoms in total. The molecule has 0 saturated carbocycles. The molecule has 1 N–H and O–H groups in total. The van der Waals surface area contributed by atoms with E-state index in [-0.39, 0.29) is 5.54 Å². The highest BCUT2D eigenvalue weighted by Crippen LogP contribution is 2.34. The lowest BCUT2D eigenvalue weighted by atomic mass is 9.92. The van der Waals surface area contributed by atoms with Crippen LogP contribution in [0.15, 0.2) is 10.7 Å². The molecule has 1 heterocycles. The van der Waals surface area contributed by atoms with E-state index in [4.69, 9.17) is 4.74 Å². The molecule has 0 aromatic carbocycles. The van der Waals surface area contributed by atoms with Crippen molar-refractivity contribution in [3.05, 3.63) is 16.4 Å². The summed E-state index contributed by atoms with van der Waals surface area (Å²) in [5.41, 5.74) is 0.440. The van der Waals surface area contributed by atoms with E-state index in [9.17, 15) is 5.11 Å². The van der Waals surface area contributed by atoms with Crippen LogP contribution in [0.3, 0.4) is 0 Å². The van der Waals surface area contributed by atoms with Crippen LogP contribution in [0.2, 0.25) is 0 Å². The van der Waals surface area contributed by atoms with Crippen LogP contribution in [-0.2, 0) is 11.3 Å². The first kappa shape index (κ1) is 17.6. The van der Waals surface area contributed by atoms with Gasteiger partial charge in [0.2, 0.25) is 0 Å². The van der Waals surface area contributed by atoms with Crippen molar-refractivity contribution in [1.82, 2.24) is 14.7 Å². The van der Waals surface area contributed by atoms with E-state index in [2.05, 4.69) is 53.6 Å². The maximum absolute atomic E-state index is 10.9. The molecule has 0 spiro atoms. The summed E-state index contributed by atoms with van der Waals surface area (Å²) in [6, 6.07) is 0. The van der Waals surface area contributed by atoms with Crippen molar-refractivity contribution in [2.24, 2.45) is 0 Å². The number of ether oxygens (including phenoxy) is 1. The number of nitrogens with zero attached hydrogens (tertiary/aromatic N) is 3. The topological polar surface area (TPSA) is 50.5 Å². The SMILES string of the molecule is CCN(CC)C(C)(C)C(O)c1c(Br)cnn1CCOC. The maximum Gasteiger partial charge on any atom is 0.114 e. The summed E-state index contributed by atoms with van der Waals surface area (Å²) in [4.78, 5) is 2.25. The fourth-order valence-electron chi connectivity index (χ4n) is 2.55. The Morgan fingerprint density at radius 1 is 1.45 bits per heavy atom. The largest absolute Gasteiger partial charge is 0.385 e. The number of hydrogen-bond acceptors (Lipinski definition) is 4. The predicted molar refractivity (Wildman–Crippen MR) is 83.8 cm³/mol. The van der Waals surface area contributed by atoms with E-state index in [1.165, 1.54) is 0 Å². The smallest absolute Gasteiger partial charge is 0.114 e. The van der Waals surface area contributed by atoms with Gasteiger partial charge in [-0.2, -0.15) is 5.10 Å². The van der Waals surface area contributed by atoms with Crippen LogP contribution in [0, 0.1) is 0 Å². The summed E-state index contributed by atoms with van der Waals surface area (Å²) in [6.07, 6.45) is 1.10. The lowest BCUT2D eigenvalue weighted by Crippen LogP contribution is -2.48. The van der Waals surface area contributed by atoms with Crippen molar-refractivity contribution in [2.45, 2.75) is 45.9 Å². The van der Waals surface area contributed by atoms with Crippen molar-refractivity contribution in [1.29, 1.82) is 0 Å². The molecule has 1 unspecified atom stereocenters. The van der Waals surface area contributed by atoms with E-state index in [1.54, 1.807) is 13.3 Å². The first-order chi connectivity index (χ1) is 9.39. The van der Waals surface area contributed by atoms with Crippen LogP contribution in [0.1, 0.15) is 39.5 Å². The molecule has 1 atom stereocenters. The summed E-state index contributed by atoms with van der Waals surface area (Å²) in [7, 11) is 1.66. The molecule has 1 rings (SSSR count). The van der Waals surface area contributed by atoms with Crippen LogP contribution in [0.25, 0.3) is 0 Å². The zero-order valence-electron chi connectivity index (χ0n) is 13.1. The van der Waals surface area contributed by atoms with Gasteiger partial charge in [0.1, 0.15) is 6.10 Å². The van der Waals surface area contributed by atoms with E-state index in [1.807, 2.05) is 4.68 Å². The summed E-state index contributed by atoms with van der Waals surface area (Å²) < 4.78 is 7.74. The van der Waals surface area contributed by atoms with Gasteiger partial charge in [-0.15, -0.1) is 0 Å². The van der Waals surface area contributed by atoms with Gasteiger partial charge in [-0.1, -0.05) is 13.8 Å². The summed E-state index contributed by atoms with van der Waals surface area (Å²) >= 11 is 3.49. The number of aliphatic hydroxyl groups excluding tert-OH is 1. The third-order valence-electron chi connectivity index (χ3n) is 3.85. The number of likely N-dealkylation sites (N-methyl/N-ethyl adjacent to an activating group) is 1. The molecule has 1 aromatic rings. The molecule has 0 fully saturated rings. The van der Waals surface area contributed by atoms with Crippen LogP contribution in [-0.4, -0.2) is 52.1 Å². The zero-order valence-corrected chi connectivity index (χ0v) is 14.6. The van der Waals surface area contributed by atoms with Gasteiger partial charge in [0, 0.05) is 12.6 Å². The summed E-state index contributed by atoms with van der Waals surface area (Å²) in [6.45, 7) is 11.3. The second-order valence-electron chi connectivity index (χ2n) is 5.32. The van der Waals surface area contributed by atoms with E-state index in [0.29, 0.717) is 13.2 Å².